The van der Waals surface area contributed by atoms with E-state index in [9.17, 15) is 9.59 Å². The van der Waals surface area contributed by atoms with Crippen molar-refractivity contribution < 1.29 is 31.0 Å². The second-order valence-corrected chi connectivity index (χ2v) is 3.32. The fourth-order valence-corrected chi connectivity index (χ4v) is 1.31. The Balaban J connectivity index is 0.00000225. The van der Waals surface area contributed by atoms with Crippen molar-refractivity contribution in [3.8, 4) is 0 Å². The first-order valence-corrected chi connectivity index (χ1v) is 4.40. The van der Waals surface area contributed by atoms with Crippen molar-refractivity contribution in [1.82, 2.24) is 9.55 Å². The summed E-state index contributed by atoms with van der Waals surface area (Å²) < 4.78 is 1.08. The second kappa shape index (κ2) is 5.25. The van der Waals surface area contributed by atoms with Gasteiger partial charge in [-0.1, -0.05) is 0 Å². The topological polar surface area (TPSA) is 96.0 Å². The van der Waals surface area contributed by atoms with E-state index in [0.29, 0.717) is 11.4 Å². The average Bonchev–Trinajstić information content (AvgIpc) is 2.15. The molecule has 16 heavy (non-hydrogen) atoms. The van der Waals surface area contributed by atoms with Gasteiger partial charge in [-0.15, -0.1) is 0 Å². The van der Waals surface area contributed by atoms with Crippen LogP contribution in [-0.2, 0) is 25.9 Å². The molecule has 0 aliphatic rings. The molecular formula is C9H12N3O3W-. The Labute approximate surface area is 107 Å². The van der Waals surface area contributed by atoms with Crippen molar-refractivity contribution in [2.75, 3.05) is 0 Å². The number of carboxylic acids is 1. The van der Waals surface area contributed by atoms with Gasteiger partial charge in [-0.3, -0.25) is 9.36 Å². The Hall–Kier alpha value is -1.16. The fraction of sp³-hybridized carbons (Fsp3) is 0.444. The summed E-state index contributed by atoms with van der Waals surface area (Å²) in [6.07, 6.45) is 0. The normalized spacial score (nSPS) is 11.7. The van der Waals surface area contributed by atoms with Crippen molar-refractivity contribution >= 4 is 11.8 Å². The van der Waals surface area contributed by atoms with Crippen molar-refractivity contribution in [3.63, 3.8) is 0 Å². The average molecular weight is 394 g/mol. The zero-order valence-electron chi connectivity index (χ0n) is 9.14. The number of carboxylic acid groups (broad SMARTS) is 1. The fourth-order valence-electron chi connectivity index (χ4n) is 1.31. The first-order valence-electron chi connectivity index (χ1n) is 4.40. The number of nitrogens with one attached hydrogen (secondary N) is 1. The molecular weight excluding hydrogens is 382 g/mol. The molecule has 1 atom stereocenters. The van der Waals surface area contributed by atoms with E-state index < -0.39 is 23.4 Å². The van der Waals surface area contributed by atoms with E-state index in [4.69, 9.17) is 10.8 Å². The first-order chi connectivity index (χ1) is 6.86. The molecule has 0 radical (unpaired) electrons. The third kappa shape index (κ3) is 2.50. The molecule has 1 rings (SSSR count). The number of aromatic nitrogens is 2. The molecule has 0 aliphatic heterocycles. The molecule has 7 heteroatoms. The van der Waals surface area contributed by atoms with Gasteiger partial charge in [-0.05, 0) is 26.5 Å². The molecule has 0 bridgehead atoms. The van der Waals surface area contributed by atoms with Crippen LogP contribution in [0.4, 0.5) is 5.82 Å². The quantitative estimate of drug-likeness (QED) is 0.815. The van der Waals surface area contributed by atoms with Gasteiger partial charge < -0.3 is 15.8 Å². The van der Waals surface area contributed by atoms with Gasteiger partial charge in [0.2, 0.25) is 5.56 Å². The summed E-state index contributed by atoms with van der Waals surface area (Å²) >= 11 is 0. The maximum absolute atomic E-state index is 11.5. The molecule has 0 saturated heterocycles. The molecule has 6 nitrogen and oxygen atoms in total. The summed E-state index contributed by atoms with van der Waals surface area (Å²) in [5.74, 6) is -1.53. The number of hydrogen-bond acceptors (Lipinski definition) is 3. The smallest absolute Gasteiger partial charge is 0.326 e. The minimum atomic E-state index is -1.11. The molecule has 2 N–H and O–H groups in total. The summed E-state index contributed by atoms with van der Waals surface area (Å²) in [7, 11) is 0. The SMILES string of the molecule is Cc1nc([NH-])c(=O)n(C(C)C(=O)O)c1C.[W]. The van der Waals surface area contributed by atoms with Crippen LogP contribution in [0.15, 0.2) is 4.79 Å². The number of aliphatic carboxylic acids is 1. The maximum Gasteiger partial charge on any atom is 0.326 e. The van der Waals surface area contributed by atoms with Gasteiger partial charge in [-0.25, -0.2) is 4.79 Å². The largest absolute Gasteiger partial charge is 0.480 e. The summed E-state index contributed by atoms with van der Waals surface area (Å²) in [6, 6.07) is -0.983. The number of aryl methyl sites for hydroxylation is 1. The molecule has 0 aromatic carbocycles. The van der Waals surface area contributed by atoms with Crippen molar-refractivity contribution in [2.24, 2.45) is 0 Å². The van der Waals surface area contributed by atoms with Gasteiger partial charge in [0, 0.05) is 32.6 Å². The van der Waals surface area contributed by atoms with Crippen LogP contribution in [0.25, 0.3) is 5.73 Å². The molecule has 0 spiro atoms. The third-order valence-corrected chi connectivity index (χ3v) is 2.33. The van der Waals surface area contributed by atoms with Gasteiger partial charge in [0.05, 0.1) is 0 Å². The molecule has 0 fully saturated rings. The number of rotatable bonds is 2. The van der Waals surface area contributed by atoms with E-state index >= 15 is 0 Å². The van der Waals surface area contributed by atoms with Gasteiger partial charge in [0.15, 0.2) is 0 Å². The van der Waals surface area contributed by atoms with Crippen LogP contribution in [0.2, 0.25) is 0 Å². The Kier molecular flexibility index (Phi) is 4.87. The van der Waals surface area contributed by atoms with E-state index in [-0.39, 0.29) is 21.1 Å². The molecule has 0 amide bonds. The van der Waals surface area contributed by atoms with Crippen LogP contribution in [0.1, 0.15) is 24.4 Å². The number of carbonyl (C=O) groups is 1. The minimum Gasteiger partial charge on any atom is -0.480 e. The van der Waals surface area contributed by atoms with Gasteiger partial charge >= 0.3 is 5.97 Å². The van der Waals surface area contributed by atoms with Crippen LogP contribution < -0.4 is 5.56 Å². The van der Waals surface area contributed by atoms with E-state index in [2.05, 4.69) is 4.98 Å². The van der Waals surface area contributed by atoms with Crippen LogP contribution in [0, 0.1) is 13.8 Å². The van der Waals surface area contributed by atoms with Crippen LogP contribution >= 0.6 is 0 Å². The standard InChI is InChI=1S/C9H13N3O3.W/c1-4-5(2)12(6(3)9(14)15)8(13)7(10)11-4;/h6H,1-3H3,(H3,10,11,14,15);/p-1. The van der Waals surface area contributed by atoms with E-state index in [1.165, 1.54) is 6.92 Å². The van der Waals surface area contributed by atoms with Crippen molar-refractivity contribution in [2.45, 2.75) is 26.8 Å². The van der Waals surface area contributed by atoms with Crippen LogP contribution in [0.3, 0.4) is 0 Å². The Morgan fingerprint density at radius 3 is 2.44 bits per heavy atom. The molecule has 88 valence electrons. The Morgan fingerprint density at radius 1 is 1.50 bits per heavy atom. The molecule has 1 aromatic heterocycles. The number of nitrogens with zero attached hydrogens (tertiary/aromatic N) is 2. The maximum atomic E-state index is 11.5. The monoisotopic (exact) mass is 394 g/mol. The van der Waals surface area contributed by atoms with E-state index in [1.807, 2.05) is 0 Å². The summed E-state index contributed by atoms with van der Waals surface area (Å²) in [6.45, 7) is 4.65. The molecule has 0 aliphatic carbocycles. The molecule has 1 unspecified atom stereocenters. The Morgan fingerprint density at radius 2 is 2.00 bits per heavy atom. The number of hydrogen-bond donors (Lipinski definition) is 1. The summed E-state index contributed by atoms with van der Waals surface area (Å²) in [5, 5.41) is 8.82. The van der Waals surface area contributed by atoms with Crippen molar-refractivity contribution in [3.05, 3.63) is 27.5 Å². The summed E-state index contributed by atoms with van der Waals surface area (Å²) in [5.41, 5.74) is 7.59. The van der Waals surface area contributed by atoms with E-state index in [1.54, 1.807) is 13.8 Å². The molecule has 1 heterocycles. The van der Waals surface area contributed by atoms with Crippen molar-refractivity contribution in [1.29, 1.82) is 0 Å². The van der Waals surface area contributed by atoms with Gasteiger partial charge in [0.25, 0.3) is 0 Å². The Bertz CT molecular complexity index is 470. The van der Waals surface area contributed by atoms with Crippen LogP contribution in [0.5, 0.6) is 0 Å². The van der Waals surface area contributed by atoms with Crippen LogP contribution in [-0.4, -0.2) is 20.6 Å². The van der Waals surface area contributed by atoms with Gasteiger partial charge in [0.1, 0.15) is 6.04 Å². The predicted molar refractivity (Wildman–Crippen MR) is 54.3 cm³/mol. The van der Waals surface area contributed by atoms with E-state index in [0.717, 1.165) is 4.57 Å². The molecule has 0 saturated carbocycles. The first kappa shape index (κ1) is 14.8. The minimum absolute atomic E-state index is 0. The second-order valence-electron chi connectivity index (χ2n) is 3.32. The van der Waals surface area contributed by atoms with Gasteiger partial charge in [-0.2, -0.15) is 0 Å². The zero-order valence-corrected chi connectivity index (χ0v) is 12.1. The molecule has 1 aromatic rings. The zero-order chi connectivity index (χ0) is 11.7. The predicted octanol–water partition coefficient (Wildman–Crippen LogP) is 1.19. The third-order valence-electron chi connectivity index (χ3n) is 2.33. The summed E-state index contributed by atoms with van der Waals surface area (Å²) in [4.78, 5) is 26.0.